The van der Waals surface area contributed by atoms with Gasteiger partial charge in [-0.2, -0.15) is 13.2 Å². The molecule has 0 aliphatic rings. The van der Waals surface area contributed by atoms with E-state index in [2.05, 4.69) is 4.74 Å². The van der Waals surface area contributed by atoms with Gasteiger partial charge in [0.15, 0.2) is 0 Å². The molecular formula is C8H14F3NO2. The van der Waals surface area contributed by atoms with Crippen molar-refractivity contribution in [3.05, 3.63) is 0 Å². The topological polar surface area (TPSA) is 29.5 Å². The second kappa shape index (κ2) is 5.07. The number of hydrogen-bond acceptors (Lipinski definition) is 2. The molecule has 0 fully saturated rings. The van der Waals surface area contributed by atoms with Gasteiger partial charge in [-0.1, -0.05) is 0 Å². The second-order valence-electron chi connectivity index (χ2n) is 3.06. The Kier molecular flexibility index (Phi) is 4.73. The molecule has 0 atom stereocenters. The quantitative estimate of drug-likeness (QED) is 0.720. The molecule has 0 aliphatic carbocycles. The molecular weight excluding hydrogens is 199 g/mol. The Morgan fingerprint density at radius 3 is 2.21 bits per heavy atom. The van der Waals surface area contributed by atoms with Crippen LogP contribution in [0.3, 0.4) is 0 Å². The zero-order valence-electron chi connectivity index (χ0n) is 8.39. The third-order valence-electron chi connectivity index (χ3n) is 1.35. The molecule has 0 N–H and O–H groups in total. The molecule has 0 aromatic carbocycles. The summed E-state index contributed by atoms with van der Waals surface area (Å²) in [6.07, 6.45) is -5.73. The number of carbonyl (C=O) groups is 1. The number of hydrogen-bond donors (Lipinski definition) is 0. The van der Waals surface area contributed by atoms with E-state index in [1.807, 2.05) is 0 Å². The first-order valence-corrected chi connectivity index (χ1v) is 4.28. The Labute approximate surface area is 80.8 Å². The van der Waals surface area contributed by atoms with E-state index < -0.39 is 24.9 Å². The minimum atomic E-state index is -4.38. The van der Waals surface area contributed by atoms with Crippen LogP contribution in [-0.4, -0.2) is 36.4 Å². The first-order chi connectivity index (χ1) is 6.26. The molecule has 84 valence electrons. The maximum absolute atomic E-state index is 11.9. The smallest absolute Gasteiger partial charge is 0.410 e. The average Bonchev–Trinajstić information content (AvgIpc) is 1.96. The molecule has 0 rings (SSSR count). The lowest BCUT2D eigenvalue weighted by atomic mass is 10.5. The van der Waals surface area contributed by atoms with Crippen molar-refractivity contribution >= 4 is 6.09 Å². The van der Waals surface area contributed by atoms with Gasteiger partial charge < -0.3 is 4.74 Å². The Morgan fingerprint density at radius 1 is 1.43 bits per heavy atom. The zero-order chi connectivity index (χ0) is 11.4. The first-order valence-electron chi connectivity index (χ1n) is 4.28. The number of rotatable bonds is 3. The third-order valence-corrected chi connectivity index (χ3v) is 1.35. The van der Waals surface area contributed by atoms with Gasteiger partial charge in [0.2, 0.25) is 0 Å². The van der Waals surface area contributed by atoms with Crippen LogP contribution < -0.4 is 0 Å². The molecule has 1 amide bonds. The molecule has 3 nitrogen and oxygen atoms in total. The van der Waals surface area contributed by atoms with Gasteiger partial charge in [0, 0.05) is 6.54 Å². The van der Waals surface area contributed by atoms with Crippen LogP contribution >= 0.6 is 0 Å². The molecule has 0 unspecified atom stereocenters. The van der Waals surface area contributed by atoms with Crippen LogP contribution in [0.4, 0.5) is 18.0 Å². The summed E-state index contributed by atoms with van der Waals surface area (Å²) in [5.41, 5.74) is 0. The van der Waals surface area contributed by atoms with Crippen LogP contribution in [0.5, 0.6) is 0 Å². The third kappa shape index (κ3) is 5.66. The molecule has 0 saturated heterocycles. The molecule has 0 aliphatic heterocycles. The zero-order valence-corrected chi connectivity index (χ0v) is 8.39. The lowest BCUT2D eigenvalue weighted by molar-refractivity contribution is -0.142. The molecule has 0 aromatic rings. The number of ether oxygens (including phenoxy) is 1. The van der Waals surface area contributed by atoms with Crippen molar-refractivity contribution in [2.24, 2.45) is 0 Å². The molecule has 0 radical (unpaired) electrons. The number of nitrogens with zero attached hydrogens (tertiary/aromatic N) is 1. The van der Waals surface area contributed by atoms with Crippen molar-refractivity contribution in [1.82, 2.24) is 4.90 Å². The van der Waals surface area contributed by atoms with E-state index in [4.69, 9.17) is 0 Å². The molecule has 0 saturated carbocycles. The van der Waals surface area contributed by atoms with Crippen LogP contribution in [0.1, 0.15) is 20.8 Å². The fourth-order valence-corrected chi connectivity index (χ4v) is 0.798. The maximum atomic E-state index is 11.9. The van der Waals surface area contributed by atoms with E-state index in [1.54, 1.807) is 13.8 Å². The van der Waals surface area contributed by atoms with Crippen LogP contribution in [0.15, 0.2) is 0 Å². The van der Waals surface area contributed by atoms with E-state index in [1.165, 1.54) is 6.92 Å². The average molecular weight is 213 g/mol. The van der Waals surface area contributed by atoms with Gasteiger partial charge in [-0.05, 0) is 20.8 Å². The molecule has 0 heterocycles. The normalized spacial score (nSPS) is 11.6. The molecule has 0 bridgehead atoms. The van der Waals surface area contributed by atoms with E-state index in [0.717, 1.165) is 0 Å². The van der Waals surface area contributed by atoms with Crippen molar-refractivity contribution in [2.45, 2.75) is 33.1 Å². The van der Waals surface area contributed by atoms with Gasteiger partial charge in [0.1, 0.15) is 6.54 Å². The Bertz CT molecular complexity index is 192. The molecule has 6 heteroatoms. The van der Waals surface area contributed by atoms with Gasteiger partial charge in [-0.25, -0.2) is 4.79 Å². The highest BCUT2D eigenvalue weighted by Gasteiger charge is 2.33. The van der Waals surface area contributed by atoms with Gasteiger partial charge >= 0.3 is 12.3 Å². The van der Waals surface area contributed by atoms with E-state index in [9.17, 15) is 18.0 Å². The van der Waals surface area contributed by atoms with E-state index in [0.29, 0.717) is 4.90 Å². The minimum absolute atomic E-state index is 0.0228. The lowest BCUT2D eigenvalue weighted by Gasteiger charge is -2.22. The summed E-state index contributed by atoms with van der Waals surface area (Å²) in [5, 5.41) is 0. The Balaban J connectivity index is 4.20. The highest BCUT2D eigenvalue weighted by molar-refractivity contribution is 5.67. The number of amides is 1. The fraction of sp³-hybridized carbons (Fsp3) is 0.875. The van der Waals surface area contributed by atoms with Crippen LogP contribution in [0.25, 0.3) is 0 Å². The largest absolute Gasteiger partial charge is 0.447 e. The van der Waals surface area contributed by atoms with Gasteiger partial charge in [0.05, 0.1) is 6.10 Å². The summed E-state index contributed by atoms with van der Waals surface area (Å²) < 4.78 is 40.5. The fourth-order valence-electron chi connectivity index (χ4n) is 0.798. The summed E-state index contributed by atoms with van der Waals surface area (Å²) in [6, 6.07) is 0. The maximum Gasteiger partial charge on any atom is 0.410 e. The minimum Gasteiger partial charge on any atom is -0.447 e. The van der Waals surface area contributed by atoms with Crippen molar-refractivity contribution in [1.29, 1.82) is 0 Å². The van der Waals surface area contributed by atoms with Crippen molar-refractivity contribution < 1.29 is 22.7 Å². The first kappa shape index (κ1) is 13.1. The summed E-state index contributed by atoms with van der Waals surface area (Å²) >= 11 is 0. The van der Waals surface area contributed by atoms with Gasteiger partial charge in [0.25, 0.3) is 0 Å². The predicted octanol–water partition coefficient (Wildman–Crippen LogP) is 2.42. The standard InChI is InChI=1S/C8H14F3NO2/c1-4-12(5-8(9,10)11)7(13)14-6(2)3/h6H,4-5H2,1-3H3. The number of carbonyl (C=O) groups excluding carboxylic acids is 1. The van der Waals surface area contributed by atoms with Crippen molar-refractivity contribution in [3.63, 3.8) is 0 Å². The number of alkyl halides is 3. The van der Waals surface area contributed by atoms with Crippen LogP contribution in [0, 0.1) is 0 Å². The Hall–Kier alpha value is -0.940. The molecule has 0 spiro atoms. The summed E-state index contributed by atoms with van der Waals surface area (Å²) in [4.78, 5) is 11.7. The summed E-state index contributed by atoms with van der Waals surface area (Å²) in [5.74, 6) is 0. The highest BCUT2D eigenvalue weighted by atomic mass is 19.4. The number of halogens is 3. The second-order valence-corrected chi connectivity index (χ2v) is 3.06. The van der Waals surface area contributed by atoms with E-state index >= 15 is 0 Å². The van der Waals surface area contributed by atoms with E-state index in [-0.39, 0.29) is 6.54 Å². The SMILES string of the molecule is CCN(CC(F)(F)F)C(=O)OC(C)C. The predicted molar refractivity (Wildman–Crippen MR) is 44.9 cm³/mol. The van der Waals surface area contributed by atoms with Gasteiger partial charge in [-0.15, -0.1) is 0 Å². The summed E-state index contributed by atoms with van der Waals surface area (Å²) in [7, 11) is 0. The highest BCUT2D eigenvalue weighted by Crippen LogP contribution is 2.16. The van der Waals surface area contributed by atoms with Gasteiger partial charge in [-0.3, -0.25) is 4.90 Å². The summed E-state index contributed by atoms with van der Waals surface area (Å²) in [6.45, 7) is 3.34. The van der Waals surface area contributed by atoms with Crippen LogP contribution in [0.2, 0.25) is 0 Å². The monoisotopic (exact) mass is 213 g/mol. The lowest BCUT2D eigenvalue weighted by Crippen LogP contribution is -2.39. The van der Waals surface area contributed by atoms with Crippen LogP contribution in [-0.2, 0) is 4.74 Å². The Morgan fingerprint density at radius 2 is 1.93 bits per heavy atom. The van der Waals surface area contributed by atoms with Crippen molar-refractivity contribution in [2.75, 3.05) is 13.1 Å². The molecule has 14 heavy (non-hydrogen) atoms. The van der Waals surface area contributed by atoms with Crippen molar-refractivity contribution in [3.8, 4) is 0 Å². The molecule has 0 aromatic heterocycles.